The quantitative estimate of drug-likeness (QED) is 0.555. The molecular formula is C19H28O. The molecule has 1 aromatic heterocycles. The zero-order valence-electron chi connectivity index (χ0n) is 13.8. The predicted octanol–water partition coefficient (Wildman–Crippen LogP) is 6.69. The minimum Gasteiger partial charge on any atom is -0.456 e. The molecule has 0 saturated carbocycles. The van der Waals surface area contributed by atoms with Crippen LogP contribution in [0.25, 0.3) is 17.0 Å². The molecule has 0 aliphatic carbocycles. The molecule has 20 heavy (non-hydrogen) atoms. The second-order valence-electron chi connectivity index (χ2n) is 4.44. The van der Waals surface area contributed by atoms with Gasteiger partial charge in [0, 0.05) is 10.9 Å². The lowest BCUT2D eigenvalue weighted by molar-refractivity contribution is 0.600. The molecular weight excluding hydrogens is 244 g/mol. The summed E-state index contributed by atoms with van der Waals surface area (Å²) in [5.74, 6) is 1.000. The number of fused-ring (bicyclic) bond motifs is 1. The van der Waals surface area contributed by atoms with Gasteiger partial charge >= 0.3 is 0 Å². The SMILES string of the molecule is C=C.CC.CC/C(C)=C\c1oc2cc(C)ccc2c1C. The van der Waals surface area contributed by atoms with Gasteiger partial charge in [0.25, 0.3) is 0 Å². The van der Waals surface area contributed by atoms with Crippen molar-refractivity contribution in [2.24, 2.45) is 0 Å². The number of benzene rings is 1. The highest BCUT2D eigenvalue weighted by molar-refractivity contribution is 5.85. The van der Waals surface area contributed by atoms with Crippen LogP contribution in [0.5, 0.6) is 0 Å². The Bertz CT molecular complexity index is 558. The van der Waals surface area contributed by atoms with Gasteiger partial charge in [0.05, 0.1) is 0 Å². The lowest BCUT2D eigenvalue weighted by atomic mass is 10.1. The van der Waals surface area contributed by atoms with Crippen molar-refractivity contribution in [2.45, 2.75) is 48.0 Å². The molecule has 1 heterocycles. The van der Waals surface area contributed by atoms with E-state index in [9.17, 15) is 0 Å². The molecule has 0 bridgehead atoms. The predicted molar refractivity (Wildman–Crippen MR) is 92.2 cm³/mol. The van der Waals surface area contributed by atoms with Gasteiger partial charge in [0.2, 0.25) is 0 Å². The number of hydrogen-bond donors (Lipinski definition) is 0. The third kappa shape index (κ3) is 4.41. The highest BCUT2D eigenvalue weighted by Crippen LogP contribution is 2.27. The molecule has 0 unspecified atom stereocenters. The van der Waals surface area contributed by atoms with Crippen LogP contribution in [-0.2, 0) is 0 Å². The summed E-state index contributed by atoms with van der Waals surface area (Å²) in [5, 5.41) is 1.22. The Morgan fingerprint density at radius 2 is 1.80 bits per heavy atom. The van der Waals surface area contributed by atoms with Crippen molar-refractivity contribution in [3.8, 4) is 0 Å². The first-order valence-corrected chi connectivity index (χ1v) is 7.28. The topological polar surface area (TPSA) is 13.1 Å². The maximum Gasteiger partial charge on any atom is 0.135 e. The number of allylic oxidation sites excluding steroid dienone is 1. The smallest absolute Gasteiger partial charge is 0.135 e. The Balaban J connectivity index is 0.000000829. The molecule has 0 radical (unpaired) electrons. The Kier molecular flexibility index (Phi) is 8.38. The van der Waals surface area contributed by atoms with Crippen molar-refractivity contribution < 1.29 is 4.42 Å². The number of rotatable bonds is 2. The van der Waals surface area contributed by atoms with Crippen LogP contribution in [-0.4, -0.2) is 0 Å². The van der Waals surface area contributed by atoms with Crippen LogP contribution >= 0.6 is 0 Å². The van der Waals surface area contributed by atoms with Crippen LogP contribution < -0.4 is 0 Å². The summed E-state index contributed by atoms with van der Waals surface area (Å²) in [6.45, 7) is 18.5. The van der Waals surface area contributed by atoms with Crippen LogP contribution in [0.4, 0.5) is 0 Å². The normalized spacial score (nSPS) is 10.4. The molecule has 2 rings (SSSR count). The van der Waals surface area contributed by atoms with Gasteiger partial charge in [-0.15, -0.1) is 13.2 Å². The van der Waals surface area contributed by atoms with E-state index in [0.29, 0.717) is 0 Å². The Hall–Kier alpha value is -1.76. The minimum atomic E-state index is 0.993. The molecule has 0 N–H and O–H groups in total. The monoisotopic (exact) mass is 272 g/mol. The van der Waals surface area contributed by atoms with Crippen molar-refractivity contribution in [2.75, 3.05) is 0 Å². The summed E-state index contributed by atoms with van der Waals surface area (Å²) < 4.78 is 5.88. The highest BCUT2D eigenvalue weighted by atomic mass is 16.3. The summed E-state index contributed by atoms with van der Waals surface area (Å²) in [5.41, 5.74) is 4.82. The average molecular weight is 272 g/mol. The van der Waals surface area contributed by atoms with E-state index in [1.165, 1.54) is 22.1 Å². The molecule has 0 spiro atoms. The van der Waals surface area contributed by atoms with E-state index in [4.69, 9.17) is 4.42 Å². The zero-order chi connectivity index (χ0) is 15.7. The third-order valence-electron chi connectivity index (χ3n) is 3.07. The van der Waals surface area contributed by atoms with Crippen molar-refractivity contribution in [3.05, 3.63) is 53.8 Å². The van der Waals surface area contributed by atoms with E-state index in [-0.39, 0.29) is 0 Å². The molecule has 2 aromatic rings. The zero-order valence-corrected chi connectivity index (χ0v) is 13.8. The van der Waals surface area contributed by atoms with Crippen LogP contribution in [0.1, 0.15) is 51.0 Å². The first-order chi connectivity index (χ1) is 9.61. The fourth-order valence-corrected chi connectivity index (χ4v) is 1.82. The first kappa shape index (κ1) is 18.2. The van der Waals surface area contributed by atoms with Gasteiger partial charge in [-0.1, -0.05) is 38.5 Å². The molecule has 0 aliphatic rings. The van der Waals surface area contributed by atoms with E-state index < -0.39 is 0 Å². The first-order valence-electron chi connectivity index (χ1n) is 7.28. The summed E-state index contributed by atoms with van der Waals surface area (Å²) in [7, 11) is 0. The molecule has 0 amide bonds. The molecule has 0 fully saturated rings. The van der Waals surface area contributed by atoms with Crippen molar-refractivity contribution in [1.29, 1.82) is 0 Å². The van der Waals surface area contributed by atoms with E-state index in [1.54, 1.807) is 0 Å². The third-order valence-corrected chi connectivity index (χ3v) is 3.07. The maximum atomic E-state index is 5.88. The van der Waals surface area contributed by atoms with Gasteiger partial charge in [0.15, 0.2) is 0 Å². The van der Waals surface area contributed by atoms with Gasteiger partial charge in [-0.3, -0.25) is 0 Å². The fourth-order valence-electron chi connectivity index (χ4n) is 1.82. The van der Waals surface area contributed by atoms with E-state index >= 15 is 0 Å². The van der Waals surface area contributed by atoms with Crippen molar-refractivity contribution in [3.63, 3.8) is 0 Å². The Labute approximate surface area is 124 Å². The Morgan fingerprint density at radius 1 is 1.20 bits per heavy atom. The Morgan fingerprint density at radius 3 is 2.35 bits per heavy atom. The van der Waals surface area contributed by atoms with Crippen LogP contribution in [0.15, 0.2) is 41.3 Å². The van der Waals surface area contributed by atoms with Gasteiger partial charge in [-0.2, -0.15) is 0 Å². The number of hydrogen-bond acceptors (Lipinski definition) is 1. The molecule has 1 nitrogen and oxygen atoms in total. The van der Waals surface area contributed by atoms with E-state index in [1.807, 2.05) is 13.8 Å². The summed E-state index contributed by atoms with van der Waals surface area (Å²) >= 11 is 0. The molecule has 0 atom stereocenters. The molecule has 1 aromatic carbocycles. The molecule has 110 valence electrons. The lowest BCUT2D eigenvalue weighted by Gasteiger charge is -1.93. The van der Waals surface area contributed by atoms with Gasteiger partial charge in [-0.05, 0) is 44.9 Å². The van der Waals surface area contributed by atoms with Gasteiger partial charge in [0.1, 0.15) is 11.3 Å². The molecule has 1 heteroatoms. The summed E-state index contributed by atoms with van der Waals surface area (Å²) in [6, 6.07) is 6.37. The summed E-state index contributed by atoms with van der Waals surface area (Å²) in [4.78, 5) is 0. The second kappa shape index (κ2) is 9.19. The summed E-state index contributed by atoms with van der Waals surface area (Å²) in [6.07, 6.45) is 3.21. The van der Waals surface area contributed by atoms with Gasteiger partial charge < -0.3 is 4.42 Å². The number of aryl methyl sites for hydroxylation is 2. The van der Waals surface area contributed by atoms with Gasteiger partial charge in [-0.25, -0.2) is 0 Å². The molecule has 0 aliphatic heterocycles. The van der Waals surface area contributed by atoms with Crippen LogP contribution in [0.3, 0.4) is 0 Å². The minimum absolute atomic E-state index is 0.993. The second-order valence-corrected chi connectivity index (χ2v) is 4.44. The van der Waals surface area contributed by atoms with Crippen molar-refractivity contribution in [1.82, 2.24) is 0 Å². The lowest BCUT2D eigenvalue weighted by Crippen LogP contribution is -1.75. The largest absolute Gasteiger partial charge is 0.456 e. The van der Waals surface area contributed by atoms with Crippen molar-refractivity contribution >= 4 is 17.0 Å². The van der Waals surface area contributed by atoms with Crippen LogP contribution in [0.2, 0.25) is 0 Å². The van der Waals surface area contributed by atoms with Crippen LogP contribution in [0, 0.1) is 13.8 Å². The van der Waals surface area contributed by atoms with E-state index in [2.05, 4.69) is 65.1 Å². The maximum absolute atomic E-state index is 5.88. The molecule has 0 saturated heterocycles. The highest BCUT2D eigenvalue weighted by Gasteiger charge is 2.08. The van der Waals surface area contributed by atoms with E-state index in [0.717, 1.165) is 17.8 Å². The average Bonchev–Trinajstić information content (AvgIpc) is 2.79. The fraction of sp³-hybridized carbons (Fsp3) is 0.368. The standard InChI is InChI=1S/C15H18O.C2H6.C2H4/c1-5-10(2)8-14-12(4)13-7-6-11(3)9-15(13)16-14;2*1-2/h6-9H,5H2,1-4H3;1-2H3;1-2H2/b10-8-;;. The number of furan rings is 1.